The van der Waals surface area contributed by atoms with Gasteiger partial charge in [0.2, 0.25) is 0 Å². The van der Waals surface area contributed by atoms with E-state index in [1.807, 2.05) is 26.1 Å². The van der Waals surface area contributed by atoms with Gasteiger partial charge in [-0.25, -0.2) is 8.78 Å². The molecule has 2 atom stereocenters. The van der Waals surface area contributed by atoms with Crippen molar-refractivity contribution in [3.8, 4) is 0 Å². The Morgan fingerprint density at radius 3 is 2.59 bits per heavy atom. The van der Waals surface area contributed by atoms with E-state index in [4.69, 9.17) is 0 Å². The van der Waals surface area contributed by atoms with Crippen LogP contribution in [0.15, 0.2) is 35.1 Å². The van der Waals surface area contributed by atoms with E-state index in [2.05, 4.69) is 31.9 Å². The highest BCUT2D eigenvalue weighted by molar-refractivity contribution is 6.00. The molecule has 0 aromatic heterocycles. The summed E-state index contributed by atoms with van der Waals surface area (Å²) >= 11 is 0. The maximum atomic E-state index is 13.1. The molecule has 3 rings (SSSR count). The smallest absolute Gasteiger partial charge is 0.203 e. The Kier molecular flexibility index (Phi) is 3.29. The van der Waals surface area contributed by atoms with Gasteiger partial charge in [0.25, 0.3) is 6.43 Å². The second-order valence-corrected chi connectivity index (χ2v) is 7.30. The summed E-state index contributed by atoms with van der Waals surface area (Å²) in [6.45, 7) is 8.60. The highest BCUT2D eigenvalue weighted by Crippen LogP contribution is 2.51. The van der Waals surface area contributed by atoms with Crippen LogP contribution in [-0.4, -0.2) is 19.2 Å². The standard InChI is InChI=1S/C18H23F2N2/c1-11-10-18(3,4)13-7-6-8-15(16(11)13)22(5)12(2)9-14(21-22)17(19)20/h6-9,11,17H,10H2,1-5H3/q+1. The van der Waals surface area contributed by atoms with Crippen molar-refractivity contribution >= 4 is 11.4 Å². The van der Waals surface area contributed by atoms with Crippen molar-refractivity contribution in [2.24, 2.45) is 5.10 Å². The monoisotopic (exact) mass is 305 g/mol. The fourth-order valence-electron chi connectivity index (χ4n) is 4.05. The topological polar surface area (TPSA) is 12.4 Å². The number of hydrogen-bond acceptors (Lipinski definition) is 1. The zero-order chi connectivity index (χ0) is 16.3. The molecule has 1 aromatic rings. The van der Waals surface area contributed by atoms with Gasteiger partial charge in [-0.05, 0) is 23.3 Å². The number of alkyl halides is 2. The van der Waals surface area contributed by atoms with E-state index in [1.165, 1.54) is 17.2 Å². The Morgan fingerprint density at radius 1 is 1.32 bits per heavy atom. The lowest BCUT2D eigenvalue weighted by Gasteiger charge is -2.28. The average Bonchev–Trinajstić information content (AvgIpc) is 2.86. The molecule has 2 unspecified atom stereocenters. The second-order valence-electron chi connectivity index (χ2n) is 7.30. The van der Waals surface area contributed by atoms with Gasteiger partial charge >= 0.3 is 0 Å². The third-order valence-electron chi connectivity index (χ3n) is 5.17. The average molecular weight is 305 g/mol. The van der Waals surface area contributed by atoms with E-state index < -0.39 is 6.43 Å². The van der Waals surface area contributed by atoms with Crippen LogP contribution in [0.2, 0.25) is 0 Å². The van der Waals surface area contributed by atoms with Crippen molar-refractivity contribution in [2.75, 3.05) is 7.05 Å². The Labute approximate surface area is 130 Å². The maximum Gasteiger partial charge on any atom is 0.285 e. The van der Waals surface area contributed by atoms with E-state index in [-0.39, 0.29) is 15.7 Å². The highest BCUT2D eigenvalue weighted by Gasteiger charge is 2.44. The summed E-state index contributed by atoms with van der Waals surface area (Å²) in [6.07, 6.45) is 0.0723. The molecule has 1 aliphatic carbocycles. The summed E-state index contributed by atoms with van der Waals surface area (Å²) in [7, 11) is 1.90. The minimum atomic E-state index is -2.53. The first-order valence-electron chi connectivity index (χ1n) is 7.74. The summed E-state index contributed by atoms with van der Waals surface area (Å²) in [5, 5.41) is 4.34. The number of benzene rings is 1. The maximum absolute atomic E-state index is 13.1. The predicted molar refractivity (Wildman–Crippen MR) is 87.4 cm³/mol. The predicted octanol–water partition coefficient (Wildman–Crippen LogP) is 4.95. The second kappa shape index (κ2) is 4.72. The van der Waals surface area contributed by atoms with Gasteiger partial charge < -0.3 is 0 Å². The number of allylic oxidation sites excluding steroid dienone is 2. The van der Waals surface area contributed by atoms with Crippen LogP contribution >= 0.6 is 0 Å². The lowest BCUT2D eigenvalue weighted by atomic mass is 9.86. The fourth-order valence-corrected chi connectivity index (χ4v) is 4.05. The molecule has 118 valence electrons. The first-order valence-corrected chi connectivity index (χ1v) is 7.74. The zero-order valence-electron chi connectivity index (χ0n) is 13.8. The molecule has 1 aliphatic heterocycles. The first-order chi connectivity index (χ1) is 10.2. The molecule has 0 N–H and O–H groups in total. The molecular weight excluding hydrogens is 282 g/mol. The molecule has 0 saturated carbocycles. The summed E-state index contributed by atoms with van der Waals surface area (Å²) < 4.78 is 26.2. The van der Waals surface area contributed by atoms with Crippen LogP contribution in [0.1, 0.15) is 51.2 Å². The molecule has 2 aliphatic rings. The normalized spacial score (nSPS) is 29.5. The summed E-state index contributed by atoms with van der Waals surface area (Å²) in [4.78, 5) is 0. The van der Waals surface area contributed by atoms with Crippen molar-refractivity contribution < 1.29 is 8.78 Å². The summed E-state index contributed by atoms with van der Waals surface area (Å²) in [5.74, 6) is 0.412. The van der Waals surface area contributed by atoms with Crippen LogP contribution in [0.25, 0.3) is 0 Å². The van der Waals surface area contributed by atoms with Crippen molar-refractivity contribution in [3.05, 3.63) is 41.1 Å². The molecule has 2 nitrogen and oxygen atoms in total. The Hall–Kier alpha value is -1.55. The van der Waals surface area contributed by atoms with Crippen molar-refractivity contribution in [2.45, 2.75) is 51.9 Å². The van der Waals surface area contributed by atoms with Gasteiger partial charge in [0.1, 0.15) is 12.7 Å². The fraction of sp³-hybridized carbons (Fsp3) is 0.500. The van der Waals surface area contributed by atoms with E-state index in [0.29, 0.717) is 5.92 Å². The molecule has 0 radical (unpaired) electrons. The largest absolute Gasteiger partial charge is 0.285 e. The third-order valence-corrected chi connectivity index (χ3v) is 5.17. The molecule has 0 saturated heterocycles. The SMILES string of the molecule is CC1=CC(C(F)F)=N[N+]1(C)c1cccc2c1C(C)CC2(C)C. The van der Waals surface area contributed by atoms with Crippen LogP contribution in [0.5, 0.6) is 0 Å². The van der Waals surface area contributed by atoms with Crippen LogP contribution in [0.3, 0.4) is 0 Å². The van der Waals surface area contributed by atoms with E-state index in [9.17, 15) is 8.78 Å². The number of quaternary nitrogens is 1. The third kappa shape index (κ3) is 2.04. The van der Waals surface area contributed by atoms with Gasteiger partial charge in [0.15, 0.2) is 11.4 Å². The van der Waals surface area contributed by atoms with E-state index >= 15 is 0 Å². The summed E-state index contributed by atoms with van der Waals surface area (Å²) in [6, 6.07) is 6.23. The molecular formula is C18H23F2N2+. The van der Waals surface area contributed by atoms with Crippen molar-refractivity contribution in [1.29, 1.82) is 0 Å². The zero-order valence-corrected chi connectivity index (χ0v) is 13.8. The van der Waals surface area contributed by atoms with Gasteiger partial charge in [0.05, 0.1) is 0 Å². The van der Waals surface area contributed by atoms with Crippen LogP contribution in [0.4, 0.5) is 14.5 Å². The van der Waals surface area contributed by atoms with Gasteiger partial charge in [-0.1, -0.05) is 38.0 Å². The Bertz CT molecular complexity index is 688. The molecule has 22 heavy (non-hydrogen) atoms. The molecule has 4 heteroatoms. The quantitative estimate of drug-likeness (QED) is 0.686. The number of hydrogen-bond donors (Lipinski definition) is 0. The first kappa shape index (κ1) is 15.3. The minimum Gasteiger partial charge on any atom is -0.203 e. The molecule has 0 bridgehead atoms. The molecule has 1 aromatic carbocycles. The lowest BCUT2D eigenvalue weighted by molar-refractivity contribution is 0.225. The van der Waals surface area contributed by atoms with Crippen molar-refractivity contribution in [3.63, 3.8) is 0 Å². The highest BCUT2D eigenvalue weighted by atomic mass is 19.3. The minimum absolute atomic E-state index is 0.114. The van der Waals surface area contributed by atoms with Crippen LogP contribution in [0, 0.1) is 0 Å². The number of fused-ring (bicyclic) bond motifs is 1. The molecule has 1 heterocycles. The number of halogens is 2. The lowest BCUT2D eigenvalue weighted by Crippen LogP contribution is -2.36. The molecule has 0 fully saturated rings. The number of nitrogens with zero attached hydrogens (tertiary/aromatic N) is 2. The molecule has 0 spiro atoms. The Balaban J connectivity index is 2.20. The van der Waals surface area contributed by atoms with Gasteiger partial charge in [-0.2, -0.15) is 0 Å². The van der Waals surface area contributed by atoms with Gasteiger partial charge in [-0.15, -0.1) is 4.59 Å². The Morgan fingerprint density at radius 2 is 2.00 bits per heavy atom. The van der Waals surface area contributed by atoms with Gasteiger partial charge in [-0.3, -0.25) is 0 Å². The molecule has 0 amide bonds. The van der Waals surface area contributed by atoms with Gasteiger partial charge in [0, 0.05) is 24.6 Å². The van der Waals surface area contributed by atoms with Crippen LogP contribution < -0.4 is 4.59 Å². The summed E-state index contributed by atoms with van der Waals surface area (Å²) in [5.41, 5.74) is 4.46. The van der Waals surface area contributed by atoms with E-state index in [1.54, 1.807) is 0 Å². The van der Waals surface area contributed by atoms with E-state index in [0.717, 1.165) is 17.8 Å². The van der Waals surface area contributed by atoms with Crippen molar-refractivity contribution in [1.82, 2.24) is 4.59 Å². The number of rotatable bonds is 2. The van der Waals surface area contributed by atoms with Crippen LogP contribution in [-0.2, 0) is 5.41 Å².